The molecule has 0 aromatic heterocycles. The summed E-state index contributed by atoms with van der Waals surface area (Å²) in [6, 6.07) is 4.81. The Kier molecular flexibility index (Phi) is 5.20. The summed E-state index contributed by atoms with van der Waals surface area (Å²) in [6.45, 7) is 3.86. The molecule has 0 aliphatic rings. The normalized spacial score (nSPS) is 11.5. The quantitative estimate of drug-likeness (QED) is 0.897. The molecular weight excluding hydrogens is 259 g/mol. The minimum Gasteiger partial charge on any atom is -0.483 e. The van der Waals surface area contributed by atoms with E-state index >= 15 is 0 Å². The molecule has 19 heavy (non-hydrogen) atoms. The summed E-state index contributed by atoms with van der Waals surface area (Å²) in [5, 5.41) is 2.57. The van der Waals surface area contributed by atoms with Crippen molar-refractivity contribution in [1.82, 2.24) is 5.32 Å². The Morgan fingerprint density at radius 2 is 1.95 bits per heavy atom. The molecule has 1 N–H and O–H groups in total. The predicted molar refractivity (Wildman–Crippen MR) is 64.8 cm³/mol. The summed E-state index contributed by atoms with van der Waals surface area (Å²) in [4.78, 5) is 11.4. The lowest BCUT2D eigenvalue weighted by Crippen LogP contribution is -2.32. The van der Waals surface area contributed by atoms with Crippen LogP contribution in [0.2, 0.25) is 0 Å². The number of hydrogen-bond acceptors (Lipinski definition) is 2. The molecule has 0 spiro atoms. The molecule has 0 aliphatic heterocycles. The molecule has 0 heterocycles. The summed E-state index contributed by atoms with van der Waals surface area (Å²) < 4.78 is 42.9. The first-order valence-electron chi connectivity index (χ1n) is 5.86. The molecule has 6 heteroatoms. The Morgan fingerprint density at radius 1 is 1.32 bits per heavy atom. The number of rotatable bonds is 5. The van der Waals surface area contributed by atoms with Crippen molar-refractivity contribution in [3.05, 3.63) is 29.8 Å². The van der Waals surface area contributed by atoms with Crippen molar-refractivity contribution >= 4 is 5.91 Å². The largest absolute Gasteiger partial charge is 0.483 e. The van der Waals surface area contributed by atoms with Gasteiger partial charge < -0.3 is 10.1 Å². The highest BCUT2D eigenvalue weighted by Crippen LogP contribution is 2.35. The van der Waals surface area contributed by atoms with Gasteiger partial charge in [0.2, 0.25) is 0 Å². The maximum absolute atomic E-state index is 12.6. The topological polar surface area (TPSA) is 38.3 Å². The molecule has 0 saturated heterocycles. The fraction of sp³-hybridized carbons (Fsp3) is 0.462. The van der Waals surface area contributed by atoms with E-state index < -0.39 is 24.3 Å². The van der Waals surface area contributed by atoms with Crippen LogP contribution in [0.1, 0.15) is 19.4 Å². The third-order valence-electron chi connectivity index (χ3n) is 2.26. The molecule has 0 saturated carbocycles. The average molecular weight is 275 g/mol. The number of ether oxygens (including phenoxy) is 1. The van der Waals surface area contributed by atoms with Crippen LogP contribution in [0.4, 0.5) is 13.2 Å². The van der Waals surface area contributed by atoms with Crippen LogP contribution in [-0.2, 0) is 11.0 Å². The lowest BCUT2D eigenvalue weighted by molar-refractivity contribution is -0.139. The van der Waals surface area contributed by atoms with Crippen molar-refractivity contribution < 1.29 is 22.7 Å². The molecule has 0 unspecified atom stereocenters. The van der Waals surface area contributed by atoms with E-state index in [-0.39, 0.29) is 11.7 Å². The standard InChI is InChI=1S/C13H16F3NO2/c1-9(2)7-17-12(18)8-19-11-6-4-3-5-10(11)13(14,15)16/h3-6,9H,7-8H2,1-2H3,(H,17,18). The molecule has 1 amide bonds. The minimum atomic E-state index is -4.50. The number of alkyl halides is 3. The first-order chi connectivity index (χ1) is 8.80. The molecule has 0 aliphatic carbocycles. The highest BCUT2D eigenvalue weighted by molar-refractivity contribution is 5.77. The molecule has 0 bridgehead atoms. The number of para-hydroxylation sites is 1. The predicted octanol–water partition coefficient (Wildman–Crippen LogP) is 2.86. The van der Waals surface area contributed by atoms with E-state index in [4.69, 9.17) is 4.74 Å². The Balaban J connectivity index is 2.61. The molecule has 0 fully saturated rings. The molecule has 1 aromatic carbocycles. The summed E-state index contributed by atoms with van der Waals surface area (Å²) >= 11 is 0. The number of carbonyl (C=O) groups is 1. The van der Waals surface area contributed by atoms with Gasteiger partial charge >= 0.3 is 6.18 Å². The van der Waals surface area contributed by atoms with E-state index in [1.54, 1.807) is 0 Å². The van der Waals surface area contributed by atoms with Gasteiger partial charge in [-0.3, -0.25) is 4.79 Å². The number of nitrogens with one attached hydrogen (secondary N) is 1. The van der Waals surface area contributed by atoms with Gasteiger partial charge in [-0.25, -0.2) is 0 Å². The van der Waals surface area contributed by atoms with Crippen molar-refractivity contribution in [2.45, 2.75) is 20.0 Å². The van der Waals surface area contributed by atoms with Crippen LogP contribution in [0.5, 0.6) is 5.75 Å². The third-order valence-corrected chi connectivity index (χ3v) is 2.26. The molecule has 106 valence electrons. The second-order valence-electron chi connectivity index (χ2n) is 4.48. The van der Waals surface area contributed by atoms with Crippen molar-refractivity contribution in [3.8, 4) is 5.75 Å². The number of hydrogen-bond donors (Lipinski definition) is 1. The minimum absolute atomic E-state index is 0.270. The Hall–Kier alpha value is -1.72. The van der Waals surface area contributed by atoms with Crippen LogP contribution in [0.3, 0.4) is 0 Å². The van der Waals surface area contributed by atoms with Gasteiger partial charge in [0.05, 0.1) is 5.56 Å². The van der Waals surface area contributed by atoms with Gasteiger partial charge in [-0.15, -0.1) is 0 Å². The van der Waals surface area contributed by atoms with Crippen molar-refractivity contribution in [3.63, 3.8) is 0 Å². The molecule has 0 atom stereocenters. The van der Waals surface area contributed by atoms with Gasteiger partial charge in [0, 0.05) is 6.54 Å². The number of benzene rings is 1. The SMILES string of the molecule is CC(C)CNC(=O)COc1ccccc1C(F)(F)F. The van der Waals surface area contributed by atoms with E-state index in [9.17, 15) is 18.0 Å². The van der Waals surface area contributed by atoms with Gasteiger partial charge in [0.15, 0.2) is 6.61 Å². The average Bonchev–Trinajstić information content (AvgIpc) is 2.33. The van der Waals surface area contributed by atoms with Gasteiger partial charge in [-0.05, 0) is 18.1 Å². The van der Waals surface area contributed by atoms with E-state index in [2.05, 4.69) is 5.32 Å². The lowest BCUT2D eigenvalue weighted by atomic mass is 10.2. The van der Waals surface area contributed by atoms with Crippen LogP contribution in [0.25, 0.3) is 0 Å². The zero-order chi connectivity index (χ0) is 14.5. The van der Waals surface area contributed by atoms with E-state index in [1.165, 1.54) is 18.2 Å². The van der Waals surface area contributed by atoms with E-state index in [0.29, 0.717) is 6.54 Å². The van der Waals surface area contributed by atoms with Gasteiger partial charge in [0.25, 0.3) is 5.91 Å². The van der Waals surface area contributed by atoms with Crippen LogP contribution >= 0.6 is 0 Å². The number of halogens is 3. The Bertz CT molecular complexity index is 430. The second kappa shape index (κ2) is 6.45. The fourth-order valence-corrected chi connectivity index (χ4v) is 1.34. The van der Waals surface area contributed by atoms with Gasteiger partial charge in [0.1, 0.15) is 5.75 Å². The Labute approximate surface area is 109 Å². The zero-order valence-corrected chi connectivity index (χ0v) is 10.8. The number of amides is 1. The van der Waals surface area contributed by atoms with E-state index in [1.807, 2.05) is 13.8 Å². The van der Waals surface area contributed by atoms with Crippen LogP contribution < -0.4 is 10.1 Å². The lowest BCUT2D eigenvalue weighted by Gasteiger charge is -2.14. The highest BCUT2D eigenvalue weighted by Gasteiger charge is 2.34. The van der Waals surface area contributed by atoms with Crippen LogP contribution in [0.15, 0.2) is 24.3 Å². The molecule has 0 radical (unpaired) electrons. The first-order valence-corrected chi connectivity index (χ1v) is 5.86. The third kappa shape index (κ3) is 5.19. The fourth-order valence-electron chi connectivity index (χ4n) is 1.34. The highest BCUT2D eigenvalue weighted by atomic mass is 19.4. The first kappa shape index (κ1) is 15.3. The molecule has 1 aromatic rings. The smallest absolute Gasteiger partial charge is 0.419 e. The monoisotopic (exact) mass is 275 g/mol. The second-order valence-corrected chi connectivity index (χ2v) is 4.48. The van der Waals surface area contributed by atoms with Crippen LogP contribution in [-0.4, -0.2) is 19.1 Å². The Morgan fingerprint density at radius 3 is 2.53 bits per heavy atom. The summed E-state index contributed by atoms with van der Waals surface area (Å²) in [5.74, 6) is -0.508. The van der Waals surface area contributed by atoms with Crippen molar-refractivity contribution in [2.24, 2.45) is 5.92 Å². The number of carbonyl (C=O) groups excluding carboxylic acids is 1. The summed E-state index contributed by atoms with van der Waals surface area (Å²) in [7, 11) is 0. The van der Waals surface area contributed by atoms with Crippen molar-refractivity contribution in [2.75, 3.05) is 13.2 Å². The zero-order valence-electron chi connectivity index (χ0n) is 10.8. The van der Waals surface area contributed by atoms with Gasteiger partial charge in [-0.1, -0.05) is 26.0 Å². The van der Waals surface area contributed by atoms with Crippen molar-refractivity contribution in [1.29, 1.82) is 0 Å². The summed E-state index contributed by atoms with van der Waals surface area (Å²) in [5.41, 5.74) is -0.883. The van der Waals surface area contributed by atoms with Gasteiger partial charge in [-0.2, -0.15) is 13.2 Å². The maximum atomic E-state index is 12.6. The molecule has 3 nitrogen and oxygen atoms in total. The molecule has 1 rings (SSSR count). The summed E-state index contributed by atoms with van der Waals surface area (Å²) in [6.07, 6.45) is -4.50. The van der Waals surface area contributed by atoms with Crippen LogP contribution in [0, 0.1) is 5.92 Å². The van der Waals surface area contributed by atoms with E-state index in [0.717, 1.165) is 6.07 Å². The molecular formula is C13H16F3NO2. The maximum Gasteiger partial charge on any atom is 0.419 e.